The highest BCUT2D eigenvalue weighted by atomic mass is 16.6. The van der Waals surface area contributed by atoms with Crippen LogP contribution in [0.25, 0.3) is 0 Å². The topological polar surface area (TPSA) is 81.7 Å². The average Bonchev–Trinajstić information content (AvgIpc) is 3.18. The van der Waals surface area contributed by atoms with Gasteiger partial charge in [0.05, 0.1) is 23.8 Å². The Morgan fingerprint density at radius 3 is 2.78 bits per heavy atom. The molecule has 1 fully saturated rings. The van der Waals surface area contributed by atoms with Crippen LogP contribution in [0.1, 0.15) is 33.3 Å². The fourth-order valence-corrected chi connectivity index (χ4v) is 2.96. The maximum Gasteiger partial charge on any atom is 0.431 e. The molecule has 2 atom stereocenters. The van der Waals surface area contributed by atoms with Crippen molar-refractivity contribution in [3.63, 3.8) is 0 Å². The van der Waals surface area contributed by atoms with E-state index in [4.69, 9.17) is 4.74 Å². The van der Waals surface area contributed by atoms with Crippen LogP contribution in [0.15, 0.2) is 18.2 Å². The van der Waals surface area contributed by atoms with Gasteiger partial charge in [-0.05, 0) is 51.5 Å². The zero-order valence-electron chi connectivity index (χ0n) is 13.7. The van der Waals surface area contributed by atoms with Gasteiger partial charge < -0.3 is 15.2 Å². The van der Waals surface area contributed by atoms with Crippen molar-refractivity contribution >= 4 is 23.4 Å². The number of aliphatic hydroxyl groups excluding tert-OH is 1. The molecular weight excluding hydrogens is 298 g/mol. The zero-order valence-corrected chi connectivity index (χ0v) is 13.7. The molecule has 0 radical (unpaired) electrons. The number of rotatable bonds is 3. The summed E-state index contributed by atoms with van der Waals surface area (Å²) in [6.07, 6.45) is -1.67. The summed E-state index contributed by atoms with van der Waals surface area (Å²) in [5.74, 6) is -0.0511. The summed E-state index contributed by atoms with van der Waals surface area (Å²) in [5, 5.41) is 15.8. The van der Waals surface area contributed by atoms with Crippen LogP contribution in [-0.4, -0.2) is 41.0 Å². The first-order chi connectivity index (χ1) is 10.8. The van der Waals surface area contributed by atoms with Crippen LogP contribution >= 0.6 is 0 Å². The standard InChI is InChI=1S/C16H21N3O4/c1-5-23-15(22)19-13(9(2)20)18(19)10-6-7-12-11(8-10)16(3,4)14(21)17-12/h6-9,13,20H,5H2,1-4H3,(H,17,21). The predicted molar refractivity (Wildman–Crippen MR) is 84.9 cm³/mol. The minimum Gasteiger partial charge on any atom is -0.448 e. The maximum absolute atomic E-state index is 12.0. The van der Waals surface area contributed by atoms with Gasteiger partial charge in [-0.25, -0.2) is 4.79 Å². The number of nitrogens with zero attached hydrogens (tertiary/aromatic N) is 2. The first-order valence-electron chi connectivity index (χ1n) is 7.68. The van der Waals surface area contributed by atoms with E-state index in [9.17, 15) is 14.7 Å². The van der Waals surface area contributed by atoms with Crippen molar-refractivity contribution in [1.82, 2.24) is 5.01 Å². The monoisotopic (exact) mass is 319 g/mol. The zero-order chi connectivity index (χ0) is 16.9. The van der Waals surface area contributed by atoms with E-state index in [0.29, 0.717) is 0 Å². The van der Waals surface area contributed by atoms with E-state index in [1.54, 1.807) is 18.9 Å². The minimum absolute atomic E-state index is 0.0511. The van der Waals surface area contributed by atoms with E-state index in [1.807, 2.05) is 32.0 Å². The lowest BCUT2D eigenvalue weighted by atomic mass is 9.86. The lowest BCUT2D eigenvalue weighted by Crippen LogP contribution is -2.27. The van der Waals surface area contributed by atoms with Gasteiger partial charge in [-0.15, -0.1) is 0 Å². The summed E-state index contributed by atoms with van der Waals surface area (Å²) in [5.41, 5.74) is 1.77. The largest absolute Gasteiger partial charge is 0.448 e. The maximum atomic E-state index is 12.0. The summed E-state index contributed by atoms with van der Waals surface area (Å²) in [4.78, 5) is 24.0. The molecule has 0 saturated carbocycles. The third-order valence-electron chi connectivity index (χ3n) is 4.32. The Morgan fingerprint density at radius 2 is 2.17 bits per heavy atom. The summed E-state index contributed by atoms with van der Waals surface area (Å²) in [7, 11) is 0. The third-order valence-corrected chi connectivity index (χ3v) is 4.32. The Labute approximate surface area is 134 Å². The SMILES string of the molecule is CCOC(=O)N1C(C(C)O)N1c1ccc2c(c1)C(C)(C)C(=O)N2. The van der Waals surface area contributed by atoms with Crippen LogP contribution < -0.4 is 10.3 Å². The molecule has 1 aromatic carbocycles. The molecular formula is C16H21N3O4. The van der Waals surface area contributed by atoms with Gasteiger partial charge in [-0.1, -0.05) is 0 Å². The molecule has 0 spiro atoms. The Morgan fingerprint density at radius 1 is 1.48 bits per heavy atom. The molecule has 2 aliphatic rings. The van der Waals surface area contributed by atoms with Gasteiger partial charge in [0.25, 0.3) is 0 Å². The lowest BCUT2D eigenvalue weighted by molar-refractivity contribution is -0.119. The number of carbonyl (C=O) groups is 2. The van der Waals surface area contributed by atoms with E-state index < -0.39 is 23.8 Å². The van der Waals surface area contributed by atoms with Crippen molar-refractivity contribution in [2.45, 2.75) is 45.4 Å². The number of anilines is 2. The molecule has 2 aliphatic heterocycles. The summed E-state index contributed by atoms with van der Waals surface area (Å²) < 4.78 is 5.02. The minimum atomic E-state index is -0.722. The number of fused-ring (bicyclic) bond motifs is 1. The van der Waals surface area contributed by atoms with Gasteiger partial charge in [0.2, 0.25) is 5.91 Å². The normalized spacial score (nSPS) is 22.5. The van der Waals surface area contributed by atoms with Gasteiger partial charge in [0, 0.05) is 5.69 Å². The molecule has 3 rings (SSSR count). The molecule has 1 saturated heterocycles. The smallest absolute Gasteiger partial charge is 0.431 e. The van der Waals surface area contributed by atoms with Crippen LogP contribution in [0.5, 0.6) is 0 Å². The second-order valence-corrected chi connectivity index (χ2v) is 6.35. The van der Waals surface area contributed by atoms with Crippen molar-refractivity contribution in [3.05, 3.63) is 23.8 Å². The van der Waals surface area contributed by atoms with Crippen molar-refractivity contribution in [2.75, 3.05) is 16.9 Å². The summed E-state index contributed by atoms with van der Waals surface area (Å²) in [6, 6.07) is 5.51. The number of hydrogen-bond donors (Lipinski definition) is 2. The number of hydrogen-bond acceptors (Lipinski definition) is 5. The van der Waals surface area contributed by atoms with Gasteiger partial charge >= 0.3 is 6.09 Å². The number of ether oxygens (including phenoxy) is 1. The van der Waals surface area contributed by atoms with Crippen LogP contribution in [0.4, 0.5) is 16.2 Å². The van der Waals surface area contributed by atoms with Crippen LogP contribution in [0.2, 0.25) is 0 Å². The molecule has 2 unspecified atom stereocenters. The third kappa shape index (κ3) is 2.31. The number of aliphatic hydroxyl groups is 1. The van der Waals surface area contributed by atoms with Gasteiger partial charge in [0.1, 0.15) is 0 Å². The molecule has 2 N–H and O–H groups in total. The highest BCUT2D eigenvalue weighted by molar-refractivity contribution is 6.06. The van der Waals surface area contributed by atoms with Crippen molar-refractivity contribution in [2.24, 2.45) is 0 Å². The van der Waals surface area contributed by atoms with E-state index >= 15 is 0 Å². The molecule has 7 nitrogen and oxygen atoms in total. The number of nitrogens with one attached hydrogen (secondary N) is 1. The van der Waals surface area contributed by atoms with Crippen molar-refractivity contribution in [3.8, 4) is 0 Å². The number of amides is 2. The van der Waals surface area contributed by atoms with E-state index in [2.05, 4.69) is 5.32 Å². The molecule has 1 aromatic rings. The van der Waals surface area contributed by atoms with Crippen LogP contribution in [0.3, 0.4) is 0 Å². The molecule has 23 heavy (non-hydrogen) atoms. The molecule has 0 aromatic heterocycles. The second kappa shape index (κ2) is 5.13. The number of carbonyl (C=O) groups excluding carboxylic acids is 2. The highest BCUT2D eigenvalue weighted by Gasteiger charge is 2.54. The Balaban J connectivity index is 1.93. The Bertz CT molecular complexity index is 671. The fourth-order valence-electron chi connectivity index (χ4n) is 2.96. The van der Waals surface area contributed by atoms with Gasteiger partial charge in [0.15, 0.2) is 6.17 Å². The number of hydrazine groups is 1. The first kappa shape index (κ1) is 15.6. The molecule has 7 heteroatoms. The van der Waals surface area contributed by atoms with Gasteiger partial charge in [-0.2, -0.15) is 5.01 Å². The molecule has 2 amide bonds. The van der Waals surface area contributed by atoms with Crippen molar-refractivity contribution in [1.29, 1.82) is 0 Å². The van der Waals surface area contributed by atoms with E-state index in [1.165, 1.54) is 5.01 Å². The molecule has 0 bridgehead atoms. The van der Waals surface area contributed by atoms with Gasteiger partial charge in [-0.3, -0.25) is 9.80 Å². The van der Waals surface area contributed by atoms with Crippen LogP contribution in [0, 0.1) is 0 Å². The quantitative estimate of drug-likeness (QED) is 0.831. The van der Waals surface area contributed by atoms with Crippen molar-refractivity contribution < 1.29 is 19.4 Å². The molecule has 124 valence electrons. The predicted octanol–water partition coefficient (Wildman–Crippen LogP) is 1.82. The summed E-state index contributed by atoms with van der Waals surface area (Å²) >= 11 is 0. The Hall–Kier alpha value is -2.28. The lowest BCUT2D eigenvalue weighted by Gasteiger charge is -2.16. The first-order valence-corrected chi connectivity index (χ1v) is 7.68. The van der Waals surface area contributed by atoms with E-state index in [-0.39, 0.29) is 12.5 Å². The fraction of sp³-hybridized carbons (Fsp3) is 0.500. The average molecular weight is 319 g/mol. The highest BCUT2D eigenvalue weighted by Crippen LogP contribution is 2.43. The Kier molecular flexibility index (Phi) is 3.48. The number of benzene rings is 1. The van der Waals surface area contributed by atoms with E-state index in [0.717, 1.165) is 16.9 Å². The van der Waals surface area contributed by atoms with Crippen LogP contribution in [-0.2, 0) is 14.9 Å². The second-order valence-electron chi connectivity index (χ2n) is 6.35. The molecule has 0 aliphatic carbocycles. The summed E-state index contributed by atoms with van der Waals surface area (Å²) in [6.45, 7) is 7.34. The molecule has 2 heterocycles.